The van der Waals surface area contributed by atoms with Crippen LogP contribution in [0.2, 0.25) is 0 Å². The number of carbonyl (C=O) groups is 2. The van der Waals surface area contributed by atoms with Gasteiger partial charge < -0.3 is 24.8 Å². The SMILES string of the molecule is CC12CC(NC(=O)N1c1cccc(C(=O)NCc3ccc4c(c3)OCO4)c1)c1cc(Br)ccc1O2. The van der Waals surface area contributed by atoms with Crippen molar-refractivity contribution in [1.29, 1.82) is 0 Å². The van der Waals surface area contributed by atoms with Gasteiger partial charge in [-0.25, -0.2) is 4.79 Å². The molecule has 1 fully saturated rings. The van der Waals surface area contributed by atoms with Crippen LogP contribution in [0.4, 0.5) is 10.5 Å². The summed E-state index contributed by atoms with van der Waals surface area (Å²) >= 11 is 3.49. The van der Waals surface area contributed by atoms with Crippen LogP contribution >= 0.6 is 15.9 Å². The zero-order chi connectivity index (χ0) is 24.2. The molecule has 0 aromatic heterocycles. The number of ether oxygens (including phenoxy) is 3. The van der Waals surface area contributed by atoms with Crippen LogP contribution < -0.4 is 29.7 Å². The maximum Gasteiger partial charge on any atom is 0.325 e. The molecule has 3 aliphatic rings. The fraction of sp³-hybridized carbons (Fsp3) is 0.231. The van der Waals surface area contributed by atoms with Crippen molar-refractivity contribution in [2.75, 3.05) is 11.7 Å². The van der Waals surface area contributed by atoms with E-state index in [-0.39, 0.29) is 24.8 Å². The summed E-state index contributed by atoms with van der Waals surface area (Å²) in [6.07, 6.45) is 0.572. The van der Waals surface area contributed by atoms with Crippen LogP contribution in [0.5, 0.6) is 17.2 Å². The van der Waals surface area contributed by atoms with Crippen molar-refractivity contribution >= 4 is 33.6 Å². The van der Waals surface area contributed by atoms with Crippen molar-refractivity contribution in [3.8, 4) is 17.2 Å². The number of amides is 3. The average molecular weight is 536 g/mol. The van der Waals surface area contributed by atoms with Crippen LogP contribution in [0.25, 0.3) is 0 Å². The molecule has 0 saturated carbocycles. The van der Waals surface area contributed by atoms with Crippen molar-refractivity contribution in [3.05, 3.63) is 81.8 Å². The Kier molecular flexibility index (Phi) is 5.10. The Bertz CT molecular complexity index is 1360. The fourth-order valence-electron chi connectivity index (χ4n) is 4.86. The number of hydrogen-bond acceptors (Lipinski definition) is 5. The molecule has 2 atom stereocenters. The predicted molar refractivity (Wildman–Crippen MR) is 132 cm³/mol. The highest BCUT2D eigenvalue weighted by atomic mass is 79.9. The largest absolute Gasteiger partial charge is 0.467 e. The van der Waals surface area contributed by atoms with Crippen LogP contribution in [-0.4, -0.2) is 24.5 Å². The lowest BCUT2D eigenvalue weighted by atomic mass is 9.90. The van der Waals surface area contributed by atoms with E-state index in [9.17, 15) is 9.59 Å². The Labute approximate surface area is 210 Å². The van der Waals surface area contributed by atoms with Gasteiger partial charge in [0.15, 0.2) is 17.2 Å². The Morgan fingerprint density at radius 1 is 1.11 bits per heavy atom. The minimum Gasteiger partial charge on any atom is -0.467 e. The van der Waals surface area contributed by atoms with Crippen LogP contribution in [0.3, 0.4) is 0 Å². The molecular weight excluding hydrogens is 514 g/mol. The Morgan fingerprint density at radius 2 is 1.94 bits per heavy atom. The molecular formula is C26H22BrN3O5. The first-order valence-electron chi connectivity index (χ1n) is 11.3. The molecule has 1 saturated heterocycles. The Hall–Kier alpha value is -3.72. The molecule has 178 valence electrons. The molecule has 6 rings (SSSR count). The van der Waals surface area contributed by atoms with Gasteiger partial charge in [0.25, 0.3) is 5.91 Å². The maximum atomic E-state index is 13.2. The van der Waals surface area contributed by atoms with Gasteiger partial charge in [-0.3, -0.25) is 9.69 Å². The molecule has 3 heterocycles. The number of fused-ring (bicyclic) bond motifs is 5. The van der Waals surface area contributed by atoms with Crippen LogP contribution in [0, 0.1) is 0 Å². The summed E-state index contributed by atoms with van der Waals surface area (Å²) in [4.78, 5) is 27.7. The standard InChI is InChI=1S/C26H22BrN3O5/c1-26-12-20(19-11-17(27)6-8-21(19)35-26)29-25(32)30(26)18-4-2-3-16(10-18)24(31)28-13-15-5-7-22-23(9-15)34-14-33-22/h2-11,20H,12-14H2,1H3,(H,28,31)(H,29,32). The minimum atomic E-state index is -0.893. The molecule has 9 heteroatoms. The monoisotopic (exact) mass is 535 g/mol. The van der Waals surface area contributed by atoms with Crippen molar-refractivity contribution in [2.45, 2.75) is 31.7 Å². The number of nitrogens with zero attached hydrogens (tertiary/aromatic N) is 1. The first-order chi connectivity index (χ1) is 16.9. The number of carbonyl (C=O) groups excluding carboxylic acids is 2. The van der Waals surface area contributed by atoms with Crippen molar-refractivity contribution < 1.29 is 23.8 Å². The summed E-state index contributed by atoms with van der Waals surface area (Å²) in [5.74, 6) is 1.85. The van der Waals surface area contributed by atoms with E-state index in [0.29, 0.717) is 35.7 Å². The number of hydrogen-bond donors (Lipinski definition) is 2. The van der Waals surface area contributed by atoms with Crippen LogP contribution in [0.1, 0.15) is 40.9 Å². The highest BCUT2D eigenvalue weighted by Gasteiger charge is 2.50. The van der Waals surface area contributed by atoms with E-state index in [1.54, 1.807) is 29.2 Å². The Balaban J connectivity index is 1.22. The summed E-state index contributed by atoms with van der Waals surface area (Å²) in [6.45, 7) is 2.43. The zero-order valence-electron chi connectivity index (χ0n) is 18.8. The van der Waals surface area contributed by atoms with E-state index < -0.39 is 5.72 Å². The van der Waals surface area contributed by atoms with Crippen molar-refractivity contribution in [3.63, 3.8) is 0 Å². The van der Waals surface area contributed by atoms with Gasteiger partial charge >= 0.3 is 6.03 Å². The second-order valence-electron chi connectivity index (χ2n) is 8.92. The van der Waals surface area contributed by atoms with E-state index in [4.69, 9.17) is 14.2 Å². The summed E-state index contributed by atoms with van der Waals surface area (Å²) in [7, 11) is 0. The predicted octanol–water partition coefficient (Wildman–Crippen LogP) is 4.88. The van der Waals surface area contributed by atoms with Crippen LogP contribution in [-0.2, 0) is 6.54 Å². The van der Waals surface area contributed by atoms with Crippen LogP contribution in [0.15, 0.2) is 65.1 Å². The number of rotatable bonds is 4. The molecule has 2 bridgehead atoms. The lowest BCUT2D eigenvalue weighted by molar-refractivity contribution is 0.0378. The molecule has 3 aromatic rings. The third-order valence-corrected chi connectivity index (χ3v) is 6.98. The van der Waals surface area contributed by atoms with Gasteiger partial charge in [-0.2, -0.15) is 0 Å². The second-order valence-corrected chi connectivity index (χ2v) is 9.84. The lowest BCUT2D eigenvalue weighted by Gasteiger charge is -2.50. The molecule has 35 heavy (non-hydrogen) atoms. The lowest BCUT2D eigenvalue weighted by Crippen LogP contribution is -2.65. The molecule has 3 amide bonds. The molecule has 8 nitrogen and oxygen atoms in total. The number of urea groups is 1. The van der Waals surface area contributed by atoms with E-state index in [1.807, 2.05) is 43.3 Å². The van der Waals surface area contributed by atoms with Gasteiger partial charge in [0.1, 0.15) is 5.75 Å². The van der Waals surface area contributed by atoms with E-state index in [2.05, 4.69) is 26.6 Å². The number of anilines is 1. The van der Waals surface area contributed by atoms with Gasteiger partial charge in [-0.1, -0.05) is 28.1 Å². The summed E-state index contributed by atoms with van der Waals surface area (Å²) in [5.41, 5.74) is 1.98. The molecule has 0 spiro atoms. The number of halogens is 1. The number of benzene rings is 3. The van der Waals surface area contributed by atoms with Gasteiger partial charge in [-0.15, -0.1) is 0 Å². The highest BCUT2D eigenvalue weighted by molar-refractivity contribution is 9.10. The van der Waals surface area contributed by atoms with Gasteiger partial charge in [0.2, 0.25) is 6.79 Å². The topological polar surface area (TPSA) is 89.1 Å². The number of nitrogens with one attached hydrogen (secondary N) is 2. The fourth-order valence-corrected chi connectivity index (χ4v) is 5.24. The second kappa shape index (κ2) is 8.20. The molecule has 0 radical (unpaired) electrons. The van der Waals surface area contributed by atoms with Gasteiger partial charge in [0, 0.05) is 28.6 Å². The average Bonchev–Trinajstić information content (AvgIpc) is 3.31. The van der Waals surface area contributed by atoms with Crippen molar-refractivity contribution in [1.82, 2.24) is 10.6 Å². The zero-order valence-corrected chi connectivity index (χ0v) is 20.4. The molecule has 3 aliphatic heterocycles. The van der Waals surface area contributed by atoms with Gasteiger partial charge in [0.05, 0.1) is 11.7 Å². The third kappa shape index (κ3) is 3.85. The normalized spacial score (nSPS) is 21.6. The molecule has 3 aromatic carbocycles. The van der Waals surface area contributed by atoms with E-state index in [1.165, 1.54) is 0 Å². The smallest absolute Gasteiger partial charge is 0.325 e. The Morgan fingerprint density at radius 3 is 2.83 bits per heavy atom. The summed E-state index contributed by atoms with van der Waals surface area (Å²) < 4.78 is 18.0. The minimum absolute atomic E-state index is 0.154. The first kappa shape index (κ1) is 21.8. The first-order valence-corrected chi connectivity index (χ1v) is 12.0. The van der Waals surface area contributed by atoms with E-state index in [0.717, 1.165) is 21.3 Å². The summed E-state index contributed by atoms with van der Waals surface area (Å²) in [5, 5.41) is 6.01. The summed E-state index contributed by atoms with van der Waals surface area (Å²) in [6, 6.07) is 17.9. The molecule has 2 N–H and O–H groups in total. The molecule has 0 aliphatic carbocycles. The van der Waals surface area contributed by atoms with E-state index >= 15 is 0 Å². The molecule has 2 unspecified atom stereocenters. The third-order valence-electron chi connectivity index (χ3n) is 6.49. The highest BCUT2D eigenvalue weighted by Crippen LogP contribution is 2.46. The van der Waals surface area contributed by atoms with Crippen molar-refractivity contribution in [2.24, 2.45) is 0 Å². The van der Waals surface area contributed by atoms with Gasteiger partial charge in [-0.05, 0) is 61.0 Å². The quantitative estimate of drug-likeness (QED) is 0.497. The maximum absolute atomic E-state index is 13.2.